The zero-order valence-corrected chi connectivity index (χ0v) is 9.33. The molecule has 96 valence electrons. The molecular formula is C15H13NO3. The summed E-state index contributed by atoms with van der Waals surface area (Å²) >= 11 is 0. The maximum Gasteiger partial charge on any atom is 0.280 e. The van der Waals surface area contributed by atoms with Gasteiger partial charge in [-0.25, -0.2) is 0 Å². The molecule has 3 rings (SSSR count). The highest BCUT2D eigenvalue weighted by molar-refractivity contribution is 6.08. The number of nitrogens with zero attached hydrogens (tertiary/aromatic N) is 1. The Labute approximate surface area is 110 Å². The van der Waals surface area contributed by atoms with Crippen molar-refractivity contribution in [2.45, 2.75) is 7.43 Å². The molecule has 0 aliphatic carbocycles. The third-order valence-electron chi connectivity index (χ3n) is 3.04. The van der Waals surface area contributed by atoms with Crippen molar-refractivity contribution in [2.75, 3.05) is 0 Å². The van der Waals surface area contributed by atoms with Crippen molar-refractivity contribution >= 4 is 27.2 Å². The van der Waals surface area contributed by atoms with Gasteiger partial charge in [0.15, 0.2) is 0 Å². The SMILES string of the molecule is C.O=[N+]([O-])c1cccc2cc3ccccc3c(O)c12. The predicted octanol–water partition coefficient (Wildman–Crippen LogP) is 4.24. The van der Waals surface area contributed by atoms with Gasteiger partial charge in [-0.3, -0.25) is 10.1 Å². The van der Waals surface area contributed by atoms with Gasteiger partial charge in [0.25, 0.3) is 5.69 Å². The highest BCUT2D eigenvalue weighted by Crippen LogP contribution is 2.38. The van der Waals surface area contributed by atoms with Crippen molar-refractivity contribution in [1.82, 2.24) is 0 Å². The molecule has 0 radical (unpaired) electrons. The molecule has 1 N–H and O–H groups in total. The van der Waals surface area contributed by atoms with Crippen molar-refractivity contribution < 1.29 is 10.0 Å². The number of hydrogen-bond acceptors (Lipinski definition) is 3. The van der Waals surface area contributed by atoms with Crippen LogP contribution < -0.4 is 0 Å². The van der Waals surface area contributed by atoms with E-state index >= 15 is 0 Å². The van der Waals surface area contributed by atoms with Crippen molar-refractivity contribution in [3.05, 3.63) is 58.6 Å². The number of phenolic OH excluding ortho intramolecular Hbond substituents is 1. The van der Waals surface area contributed by atoms with Crippen LogP contribution in [-0.4, -0.2) is 10.0 Å². The van der Waals surface area contributed by atoms with E-state index in [0.29, 0.717) is 16.2 Å². The normalized spacial score (nSPS) is 10.3. The van der Waals surface area contributed by atoms with Crippen LogP contribution in [0.25, 0.3) is 21.5 Å². The highest BCUT2D eigenvalue weighted by Gasteiger charge is 2.16. The van der Waals surface area contributed by atoms with Crippen LogP contribution in [0.1, 0.15) is 7.43 Å². The number of nitro groups is 1. The van der Waals surface area contributed by atoms with E-state index in [-0.39, 0.29) is 18.9 Å². The fourth-order valence-corrected chi connectivity index (χ4v) is 2.23. The molecule has 0 aliphatic heterocycles. The summed E-state index contributed by atoms with van der Waals surface area (Å²) in [6.45, 7) is 0. The highest BCUT2D eigenvalue weighted by atomic mass is 16.6. The fraction of sp³-hybridized carbons (Fsp3) is 0.0667. The van der Waals surface area contributed by atoms with Crippen LogP contribution in [0.4, 0.5) is 5.69 Å². The van der Waals surface area contributed by atoms with E-state index < -0.39 is 4.92 Å². The number of nitro benzene ring substituents is 1. The number of non-ortho nitro benzene ring substituents is 1. The number of phenols is 1. The summed E-state index contributed by atoms with van der Waals surface area (Å²) in [6, 6.07) is 13.9. The Morgan fingerprint density at radius 2 is 1.68 bits per heavy atom. The molecule has 3 aromatic carbocycles. The molecule has 0 saturated carbocycles. The molecule has 0 spiro atoms. The second-order valence-corrected chi connectivity index (χ2v) is 4.08. The summed E-state index contributed by atoms with van der Waals surface area (Å²) < 4.78 is 0. The first-order valence-corrected chi connectivity index (χ1v) is 5.46. The van der Waals surface area contributed by atoms with Crippen molar-refractivity contribution in [2.24, 2.45) is 0 Å². The lowest BCUT2D eigenvalue weighted by Crippen LogP contribution is -1.90. The van der Waals surface area contributed by atoms with E-state index in [1.54, 1.807) is 24.3 Å². The molecule has 0 aliphatic rings. The van der Waals surface area contributed by atoms with Gasteiger partial charge in [-0.15, -0.1) is 0 Å². The van der Waals surface area contributed by atoms with Gasteiger partial charge in [-0.2, -0.15) is 0 Å². The van der Waals surface area contributed by atoms with E-state index in [0.717, 1.165) is 5.39 Å². The maximum atomic E-state index is 11.0. The lowest BCUT2D eigenvalue weighted by atomic mass is 10.0. The quantitative estimate of drug-likeness (QED) is 0.402. The van der Waals surface area contributed by atoms with Gasteiger partial charge < -0.3 is 5.11 Å². The summed E-state index contributed by atoms with van der Waals surface area (Å²) in [5.41, 5.74) is -0.0734. The molecule has 0 atom stereocenters. The summed E-state index contributed by atoms with van der Waals surface area (Å²) in [7, 11) is 0. The molecule has 0 fully saturated rings. The zero-order valence-electron chi connectivity index (χ0n) is 9.33. The molecule has 0 saturated heterocycles. The number of benzene rings is 3. The second-order valence-electron chi connectivity index (χ2n) is 4.08. The monoisotopic (exact) mass is 255 g/mol. The van der Waals surface area contributed by atoms with Crippen LogP contribution in [0.15, 0.2) is 48.5 Å². The van der Waals surface area contributed by atoms with Gasteiger partial charge >= 0.3 is 0 Å². The minimum Gasteiger partial charge on any atom is -0.506 e. The summed E-state index contributed by atoms with van der Waals surface area (Å²) in [5, 5.41) is 23.7. The zero-order chi connectivity index (χ0) is 12.7. The third kappa shape index (κ3) is 1.87. The van der Waals surface area contributed by atoms with Crippen LogP contribution in [0.5, 0.6) is 5.75 Å². The van der Waals surface area contributed by atoms with Crippen LogP contribution in [0.2, 0.25) is 0 Å². The number of rotatable bonds is 1. The van der Waals surface area contributed by atoms with Gasteiger partial charge in [-0.05, 0) is 16.8 Å². The van der Waals surface area contributed by atoms with E-state index in [1.807, 2.05) is 18.2 Å². The van der Waals surface area contributed by atoms with Crippen LogP contribution in [-0.2, 0) is 0 Å². The Kier molecular flexibility index (Phi) is 3.09. The van der Waals surface area contributed by atoms with E-state index in [4.69, 9.17) is 0 Å². The number of hydrogen-bond donors (Lipinski definition) is 1. The first-order chi connectivity index (χ1) is 8.68. The lowest BCUT2D eigenvalue weighted by Gasteiger charge is -2.06. The van der Waals surface area contributed by atoms with E-state index in [9.17, 15) is 15.2 Å². The average Bonchev–Trinajstić information content (AvgIpc) is 2.38. The van der Waals surface area contributed by atoms with Crippen LogP contribution in [0, 0.1) is 10.1 Å². The molecule has 0 aromatic heterocycles. The summed E-state index contributed by atoms with van der Waals surface area (Å²) in [4.78, 5) is 10.5. The van der Waals surface area contributed by atoms with E-state index in [1.165, 1.54) is 6.07 Å². The Morgan fingerprint density at radius 1 is 1.00 bits per heavy atom. The third-order valence-corrected chi connectivity index (χ3v) is 3.04. The molecule has 19 heavy (non-hydrogen) atoms. The molecule has 4 heteroatoms. The Bertz CT molecular complexity index is 781. The molecule has 4 nitrogen and oxygen atoms in total. The minimum atomic E-state index is -0.475. The van der Waals surface area contributed by atoms with Crippen molar-refractivity contribution in [3.8, 4) is 5.75 Å². The summed E-state index contributed by atoms with van der Waals surface area (Å²) in [5.74, 6) is -0.0320. The van der Waals surface area contributed by atoms with Gasteiger partial charge in [-0.1, -0.05) is 43.8 Å². The number of aromatic hydroxyl groups is 1. The second kappa shape index (κ2) is 4.57. The number of fused-ring (bicyclic) bond motifs is 2. The fourth-order valence-electron chi connectivity index (χ4n) is 2.23. The Hall–Kier alpha value is -2.62. The molecule has 0 unspecified atom stereocenters. The Balaban J connectivity index is 0.00000133. The smallest absolute Gasteiger partial charge is 0.280 e. The van der Waals surface area contributed by atoms with Crippen molar-refractivity contribution in [1.29, 1.82) is 0 Å². The van der Waals surface area contributed by atoms with Gasteiger partial charge in [0, 0.05) is 11.5 Å². The predicted molar refractivity (Wildman–Crippen MR) is 76.5 cm³/mol. The lowest BCUT2D eigenvalue weighted by molar-refractivity contribution is -0.383. The Morgan fingerprint density at radius 3 is 2.42 bits per heavy atom. The van der Waals surface area contributed by atoms with Crippen LogP contribution >= 0.6 is 0 Å². The van der Waals surface area contributed by atoms with Crippen LogP contribution in [0.3, 0.4) is 0 Å². The molecule has 3 aromatic rings. The van der Waals surface area contributed by atoms with E-state index in [2.05, 4.69) is 0 Å². The van der Waals surface area contributed by atoms with Gasteiger partial charge in [0.1, 0.15) is 11.1 Å². The average molecular weight is 255 g/mol. The summed E-state index contributed by atoms with van der Waals surface area (Å²) in [6.07, 6.45) is 0. The molecule has 0 amide bonds. The van der Waals surface area contributed by atoms with Crippen molar-refractivity contribution in [3.63, 3.8) is 0 Å². The largest absolute Gasteiger partial charge is 0.506 e. The molecular weight excluding hydrogens is 242 g/mol. The standard InChI is InChI=1S/C14H9NO3.CH4/c16-14-11-6-2-1-4-9(11)8-10-5-3-7-12(13(10)14)15(17)18;/h1-8,16H;1H4. The molecule has 0 heterocycles. The van der Waals surface area contributed by atoms with Gasteiger partial charge in [0.2, 0.25) is 0 Å². The maximum absolute atomic E-state index is 11.0. The first kappa shape index (κ1) is 12.8. The molecule has 0 bridgehead atoms. The topological polar surface area (TPSA) is 63.4 Å². The van der Waals surface area contributed by atoms with Gasteiger partial charge in [0.05, 0.1) is 4.92 Å². The minimum absolute atomic E-state index is 0. The first-order valence-electron chi connectivity index (χ1n) is 5.46.